The molecule has 16 heavy (non-hydrogen) atoms. The monoisotopic (exact) mass is 271 g/mol. The molecule has 0 saturated heterocycles. The number of nitrogens with one attached hydrogen (secondary N) is 1. The summed E-state index contributed by atoms with van der Waals surface area (Å²) in [6.45, 7) is 3.21. The number of sulfone groups is 2. The van der Waals surface area contributed by atoms with E-state index in [1.54, 1.807) is 20.9 Å². The SMILES string of the molecule is CNC(CCS(C)(=O)=O)C(C)(C)S(C)(=O)=O. The Morgan fingerprint density at radius 2 is 1.56 bits per heavy atom. The van der Waals surface area contributed by atoms with Gasteiger partial charge in [0.05, 0.1) is 10.5 Å². The van der Waals surface area contributed by atoms with Crippen molar-refractivity contribution in [1.82, 2.24) is 5.32 Å². The van der Waals surface area contributed by atoms with E-state index in [2.05, 4.69) is 5.32 Å². The van der Waals surface area contributed by atoms with Crippen molar-refractivity contribution in [3.63, 3.8) is 0 Å². The molecule has 0 heterocycles. The molecule has 0 bridgehead atoms. The van der Waals surface area contributed by atoms with Gasteiger partial charge in [-0.1, -0.05) is 0 Å². The van der Waals surface area contributed by atoms with Crippen LogP contribution in [0.1, 0.15) is 20.3 Å². The lowest BCUT2D eigenvalue weighted by Gasteiger charge is -2.32. The molecule has 0 aromatic rings. The van der Waals surface area contributed by atoms with Crippen LogP contribution in [0.25, 0.3) is 0 Å². The Labute approximate surface area is 98.5 Å². The Morgan fingerprint density at radius 1 is 1.12 bits per heavy atom. The minimum atomic E-state index is -3.24. The van der Waals surface area contributed by atoms with Crippen molar-refractivity contribution in [2.45, 2.75) is 31.1 Å². The maximum absolute atomic E-state index is 11.6. The van der Waals surface area contributed by atoms with Crippen LogP contribution < -0.4 is 5.32 Å². The molecule has 0 aliphatic heterocycles. The maximum Gasteiger partial charge on any atom is 0.154 e. The van der Waals surface area contributed by atoms with Crippen LogP contribution in [0.3, 0.4) is 0 Å². The minimum absolute atomic E-state index is 0.0164. The standard InChI is InChI=1S/C9H21NO4S2/c1-9(2,16(5,13)14)8(10-3)6-7-15(4,11)12/h8,10H,6-7H2,1-5H3. The molecule has 0 spiro atoms. The second-order valence-corrected chi connectivity index (χ2v) is 9.49. The summed E-state index contributed by atoms with van der Waals surface area (Å²) >= 11 is 0. The van der Waals surface area contributed by atoms with Gasteiger partial charge in [0.2, 0.25) is 0 Å². The summed E-state index contributed by atoms with van der Waals surface area (Å²) in [6.07, 6.45) is 2.60. The van der Waals surface area contributed by atoms with Gasteiger partial charge in [0.25, 0.3) is 0 Å². The van der Waals surface area contributed by atoms with Crippen molar-refractivity contribution in [2.24, 2.45) is 0 Å². The van der Waals surface area contributed by atoms with Gasteiger partial charge in [0.15, 0.2) is 9.84 Å². The van der Waals surface area contributed by atoms with Gasteiger partial charge in [-0.05, 0) is 27.3 Å². The zero-order valence-electron chi connectivity index (χ0n) is 10.4. The van der Waals surface area contributed by atoms with E-state index in [1.165, 1.54) is 0 Å². The molecule has 1 unspecified atom stereocenters. The zero-order valence-corrected chi connectivity index (χ0v) is 12.1. The molecule has 0 aliphatic carbocycles. The predicted octanol–water partition coefficient (Wildman–Crippen LogP) is -0.168. The normalized spacial score (nSPS) is 16.1. The van der Waals surface area contributed by atoms with Gasteiger partial charge in [0, 0.05) is 18.6 Å². The summed E-state index contributed by atoms with van der Waals surface area (Å²) in [7, 11) is -4.67. The van der Waals surface area contributed by atoms with Gasteiger partial charge in [-0.3, -0.25) is 0 Å². The molecule has 0 aromatic heterocycles. The quantitative estimate of drug-likeness (QED) is 0.725. The molecule has 98 valence electrons. The van der Waals surface area contributed by atoms with Crippen molar-refractivity contribution in [3.8, 4) is 0 Å². The Bertz CT molecular complexity index is 422. The zero-order chi connectivity index (χ0) is 13.2. The fourth-order valence-electron chi connectivity index (χ4n) is 1.43. The molecule has 0 saturated carbocycles. The summed E-state index contributed by atoms with van der Waals surface area (Å²) in [4.78, 5) is 0. The van der Waals surface area contributed by atoms with Crippen LogP contribution in [0.5, 0.6) is 0 Å². The first-order chi connectivity index (χ1) is 6.92. The third-order valence-electron chi connectivity index (χ3n) is 2.92. The average molecular weight is 271 g/mol. The van der Waals surface area contributed by atoms with Crippen LogP contribution in [0.4, 0.5) is 0 Å². The lowest BCUT2D eigenvalue weighted by molar-refractivity contribution is 0.423. The van der Waals surface area contributed by atoms with Crippen molar-refractivity contribution < 1.29 is 16.8 Å². The van der Waals surface area contributed by atoms with Crippen LogP contribution in [0.15, 0.2) is 0 Å². The summed E-state index contributed by atoms with van der Waals surface area (Å²) in [5, 5.41) is 2.88. The molecular weight excluding hydrogens is 250 g/mol. The molecule has 0 amide bonds. The van der Waals surface area contributed by atoms with Gasteiger partial charge in [-0.2, -0.15) is 0 Å². The maximum atomic E-state index is 11.6. The molecule has 1 N–H and O–H groups in total. The van der Waals surface area contributed by atoms with Crippen LogP contribution in [0, 0.1) is 0 Å². The van der Waals surface area contributed by atoms with Gasteiger partial charge in [-0.25, -0.2) is 16.8 Å². The summed E-state index contributed by atoms with van der Waals surface area (Å²) < 4.78 is 44.3. The first kappa shape index (κ1) is 15.9. The molecule has 5 nitrogen and oxygen atoms in total. The molecule has 0 radical (unpaired) electrons. The fourth-order valence-corrected chi connectivity index (χ4v) is 2.85. The highest BCUT2D eigenvalue weighted by molar-refractivity contribution is 7.92. The van der Waals surface area contributed by atoms with E-state index in [1.807, 2.05) is 0 Å². The van der Waals surface area contributed by atoms with E-state index in [-0.39, 0.29) is 18.2 Å². The lowest BCUT2D eigenvalue weighted by atomic mass is 10.0. The Morgan fingerprint density at radius 3 is 1.81 bits per heavy atom. The lowest BCUT2D eigenvalue weighted by Crippen LogP contribution is -2.50. The molecule has 0 aliphatic rings. The molecule has 0 rings (SSSR count). The molecule has 0 aromatic carbocycles. The molecule has 7 heteroatoms. The first-order valence-corrected chi connectivity index (χ1v) is 8.91. The van der Waals surface area contributed by atoms with Crippen molar-refractivity contribution in [1.29, 1.82) is 0 Å². The van der Waals surface area contributed by atoms with E-state index in [0.717, 1.165) is 12.5 Å². The number of hydrogen-bond donors (Lipinski definition) is 1. The van der Waals surface area contributed by atoms with Gasteiger partial charge >= 0.3 is 0 Å². The smallest absolute Gasteiger partial charge is 0.154 e. The van der Waals surface area contributed by atoms with E-state index in [4.69, 9.17) is 0 Å². The Hall–Kier alpha value is -0.140. The highest BCUT2D eigenvalue weighted by Gasteiger charge is 2.38. The topological polar surface area (TPSA) is 80.3 Å². The second kappa shape index (κ2) is 5.01. The van der Waals surface area contributed by atoms with Gasteiger partial charge in [-0.15, -0.1) is 0 Å². The summed E-state index contributed by atoms with van der Waals surface area (Å²) in [5.41, 5.74) is 0. The summed E-state index contributed by atoms with van der Waals surface area (Å²) in [5.74, 6) is -0.0164. The Balaban J connectivity index is 4.89. The van der Waals surface area contributed by atoms with Gasteiger partial charge in [0.1, 0.15) is 9.84 Å². The third kappa shape index (κ3) is 4.39. The largest absolute Gasteiger partial charge is 0.315 e. The Kier molecular flexibility index (Phi) is 4.97. The third-order valence-corrected chi connectivity index (χ3v) is 6.09. The molecular formula is C9H21NO4S2. The second-order valence-electron chi connectivity index (χ2n) is 4.64. The van der Waals surface area contributed by atoms with Crippen LogP contribution >= 0.6 is 0 Å². The highest BCUT2D eigenvalue weighted by atomic mass is 32.2. The number of hydrogen-bond acceptors (Lipinski definition) is 5. The van der Waals surface area contributed by atoms with E-state index >= 15 is 0 Å². The van der Waals surface area contributed by atoms with Crippen LogP contribution in [-0.2, 0) is 19.7 Å². The highest BCUT2D eigenvalue weighted by Crippen LogP contribution is 2.22. The predicted molar refractivity (Wildman–Crippen MR) is 66.1 cm³/mol. The molecule has 0 fully saturated rings. The van der Waals surface area contributed by atoms with Crippen molar-refractivity contribution in [2.75, 3.05) is 25.3 Å². The van der Waals surface area contributed by atoms with Crippen LogP contribution in [-0.4, -0.2) is 52.9 Å². The van der Waals surface area contributed by atoms with Crippen molar-refractivity contribution in [3.05, 3.63) is 0 Å². The molecule has 1 atom stereocenters. The summed E-state index contributed by atoms with van der Waals surface area (Å²) in [6, 6.07) is -0.378. The fraction of sp³-hybridized carbons (Fsp3) is 1.00. The number of rotatable bonds is 6. The van der Waals surface area contributed by atoms with E-state index in [9.17, 15) is 16.8 Å². The van der Waals surface area contributed by atoms with E-state index in [0.29, 0.717) is 0 Å². The first-order valence-electron chi connectivity index (χ1n) is 4.96. The van der Waals surface area contributed by atoms with Gasteiger partial charge < -0.3 is 5.32 Å². The van der Waals surface area contributed by atoms with Crippen LogP contribution in [0.2, 0.25) is 0 Å². The average Bonchev–Trinajstić information content (AvgIpc) is 2.00. The minimum Gasteiger partial charge on any atom is -0.315 e. The van der Waals surface area contributed by atoms with Crippen molar-refractivity contribution >= 4 is 19.7 Å². The van der Waals surface area contributed by atoms with E-state index < -0.39 is 24.4 Å².